The van der Waals surface area contributed by atoms with Crippen LogP contribution in [-0.2, 0) is 17.8 Å². The molecule has 0 fully saturated rings. The van der Waals surface area contributed by atoms with E-state index in [1.165, 1.54) is 12.1 Å². The second-order valence-electron chi connectivity index (χ2n) is 5.75. The summed E-state index contributed by atoms with van der Waals surface area (Å²) in [7, 11) is 0. The average molecular weight is 402 g/mol. The van der Waals surface area contributed by atoms with Crippen LogP contribution in [0.1, 0.15) is 11.1 Å². The second kappa shape index (κ2) is 7.96. The third kappa shape index (κ3) is 5.43. The van der Waals surface area contributed by atoms with E-state index in [1.807, 2.05) is 0 Å². The minimum Gasteiger partial charge on any atom is -0.486 e. The summed E-state index contributed by atoms with van der Waals surface area (Å²) in [6, 6.07) is 8.55. The molecular weight excluding hydrogens is 387 g/mol. The molecule has 1 aliphatic rings. The third-order valence-electron chi connectivity index (χ3n) is 3.67. The Morgan fingerprint density at radius 3 is 2.52 bits per heavy atom. The first kappa shape index (κ1) is 19.2. The smallest absolute Gasteiger partial charge is 0.486 e. The molecule has 144 valence electrons. The van der Waals surface area contributed by atoms with Gasteiger partial charge in [0.25, 0.3) is 0 Å². The number of ether oxygens (including phenoxy) is 3. The van der Waals surface area contributed by atoms with E-state index >= 15 is 0 Å². The summed E-state index contributed by atoms with van der Waals surface area (Å²) in [5, 5.41) is 3.13. The van der Waals surface area contributed by atoms with E-state index in [0.29, 0.717) is 35.3 Å². The number of nitrogens with one attached hydrogen (secondary N) is 1. The predicted molar refractivity (Wildman–Crippen MR) is 91.1 cm³/mol. The highest BCUT2D eigenvalue weighted by Gasteiger charge is 2.30. The van der Waals surface area contributed by atoms with Crippen molar-refractivity contribution in [2.45, 2.75) is 19.3 Å². The Morgan fingerprint density at radius 1 is 1.11 bits per heavy atom. The van der Waals surface area contributed by atoms with Crippen LogP contribution < -0.4 is 19.5 Å². The minimum absolute atomic E-state index is 0.0184. The quantitative estimate of drug-likeness (QED) is 0.826. The summed E-state index contributed by atoms with van der Waals surface area (Å²) in [6.45, 7) is 1.08. The standard InChI is InChI=1S/C18H15ClF3NO4/c19-14-7-12(8-15-17(14)26-6-5-25-15)10-23-16(24)9-11-1-3-13(4-2-11)27-18(20,21)22/h1-4,7-8H,5-6,9-10H2,(H,23,24). The number of halogens is 4. The van der Waals surface area contributed by atoms with Crippen LogP contribution in [0, 0.1) is 0 Å². The summed E-state index contributed by atoms with van der Waals surface area (Å²) < 4.78 is 51.1. The lowest BCUT2D eigenvalue weighted by molar-refractivity contribution is -0.274. The highest BCUT2D eigenvalue weighted by atomic mass is 35.5. The summed E-state index contributed by atoms with van der Waals surface area (Å²) in [4.78, 5) is 12.1. The minimum atomic E-state index is -4.75. The zero-order valence-electron chi connectivity index (χ0n) is 13.9. The molecule has 2 aromatic rings. The van der Waals surface area contributed by atoms with Gasteiger partial charge < -0.3 is 19.5 Å². The summed E-state index contributed by atoms with van der Waals surface area (Å²) in [5.41, 5.74) is 1.30. The Morgan fingerprint density at radius 2 is 1.81 bits per heavy atom. The maximum atomic E-state index is 12.1. The molecule has 9 heteroatoms. The third-order valence-corrected chi connectivity index (χ3v) is 3.95. The molecule has 0 bridgehead atoms. The van der Waals surface area contributed by atoms with E-state index in [4.69, 9.17) is 21.1 Å². The molecule has 1 heterocycles. The van der Waals surface area contributed by atoms with Crippen LogP contribution in [0.3, 0.4) is 0 Å². The zero-order chi connectivity index (χ0) is 19.4. The second-order valence-corrected chi connectivity index (χ2v) is 6.15. The number of amides is 1. The first-order valence-electron chi connectivity index (χ1n) is 7.99. The fraction of sp³-hybridized carbons (Fsp3) is 0.278. The normalized spacial score (nSPS) is 13.2. The molecule has 3 rings (SSSR count). The van der Waals surface area contributed by atoms with Gasteiger partial charge in [0.15, 0.2) is 11.5 Å². The molecule has 27 heavy (non-hydrogen) atoms. The molecule has 2 aromatic carbocycles. The van der Waals surface area contributed by atoms with Crippen LogP contribution >= 0.6 is 11.6 Å². The van der Waals surface area contributed by atoms with Gasteiger partial charge in [-0.05, 0) is 35.4 Å². The molecule has 0 radical (unpaired) electrons. The highest BCUT2D eigenvalue weighted by molar-refractivity contribution is 6.32. The lowest BCUT2D eigenvalue weighted by atomic mass is 10.1. The number of hydrogen-bond acceptors (Lipinski definition) is 4. The van der Waals surface area contributed by atoms with Crippen LogP contribution in [-0.4, -0.2) is 25.5 Å². The van der Waals surface area contributed by atoms with Gasteiger partial charge in [-0.15, -0.1) is 13.2 Å². The first-order valence-corrected chi connectivity index (χ1v) is 8.37. The van der Waals surface area contributed by atoms with Crippen LogP contribution in [0.5, 0.6) is 17.2 Å². The lowest BCUT2D eigenvalue weighted by Gasteiger charge is -2.20. The van der Waals surface area contributed by atoms with Crippen LogP contribution in [0.15, 0.2) is 36.4 Å². The molecular formula is C18H15ClF3NO4. The average Bonchev–Trinajstić information content (AvgIpc) is 2.60. The molecule has 1 amide bonds. The van der Waals surface area contributed by atoms with Gasteiger partial charge in [-0.2, -0.15) is 0 Å². The number of carbonyl (C=O) groups excluding carboxylic acids is 1. The van der Waals surface area contributed by atoms with Crippen molar-refractivity contribution in [3.05, 3.63) is 52.5 Å². The summed E-state index contributed by atoms with van der Waals surface area (Å²) in [6.07, 6.45) is -4.73. The van der Waals surface area contributed by atoms with Crippen molar-refractivity contribution in [1.29, 1.82) is 0 Å². The largest absolute Gasteiger partial charge is 0.573 e. The Labute approximate surface area is 158 Å². The van der Waals surface area contributed by atoms with Crippen LogP contribution in [0.4, 0.5) is 13.2 Å². The first-order chi connectivity index (χ1) is 12.8. The molecule has 1 aliphatic heterocycles. The Hall–Kier alpha value is -2.61. The molecule has 0 saturated carbocycles. The van der Waals surface area contributed by atoms with Crippen molar-refractivity contribution in [2.24, 2.45) is 0 Å². The van der Waals surface area contributed by atoms with Crippen molar-refractivity contribution in [2.75, 3.05) is 13.2 Å². The van der Waals surface area contributed by atoms with E-state index in [1.54, 1.807) is 12.1 Å². The van der Waals surface area contributed by atoms with Gasteiger partial charge in [-0.25, -0.2) is 0 Å². The van der Waals surface area contributed by atoms with Gasteiger partial charge in [-0.1, -0.05) is 23.7 Å². The molecule has 0 saturated heterocycles. The van der Waals surface area contributed by atoms with Crippen LogP contribution in [0.25, 0.3) is 0 Å². The number of benzene rings is 2. The van der Waals surface area contributed by atoms with Gasteiger partial charge in [0, 0.05) is 6.54 Å². The molecule has 0 unspecified atom stereocenters. The van der Waals surface area contributed by atoms with Crippen LogP contribution in [0.2, 0.25) is 5.02 Å². The van der Waals surface area contributed by atoms with E-state index in [-0.39, 0.29) is 24.6 Å². The maximum absolute atomic E-state index is 12.1. The van der Waals surface area contributed by atoms with Gasteiger partial charge >= 0.3 is 6.36 Å². The van der Waals surface area contributed by atoms with Gasteiger partial charge in [-0.3, -0.25) is 4.79 Å². The zero-order valence-corrected chi connectivity index (χ0v) is 14.7. The molecule has 1 N–H and O–H groups in total. The molecule has 0 atom stereocenters. The summed E-state index contributed by atoms with van der Waals surface area (Å²) >= 11 is 6.14. The Kier molecular flexibility index (Phi) is 5.65. The fourth-order valence-corrected chi connectivity index (χ4v) is 2.81. The molecule has 0 aromatic heterocycles. The van der Waals surface area contributed by atoms with Crippen molar-refractivity contribution in [3.63, 3.8) is 0 Å². The van der Waals surface area contributed by atoms with E-state index in [9.17, 15) is 18.0 Å². The van der Waals surface area contributed by atoms with E-state index in [0.717, 1.165) is 17.7 Å². The number of alkyl halides is 3. The fourth-order valence-electron chi connectivity index (χ4n) is 2.52. The van der Waals surface area contributed by atoms with Crippen molar-refractivity contribution < 1.29 is 32.2 Å². The lowest BCUT2D eigenvalue weighted by Crippen LogP contribution is -2.25. The molecule has 0 spiro atoms. The number of fused-ring (bicyclic) bond motifs is 1. The van der Waals surface area contributed by atoms with Gasteiger partial charge in [0.2, 0.25) is 5.91 Å². The highest BCUT2D eigenvalue weighted by Crippen LogP contribution is 2.38. The monoisotopic (exact) mass is 401 g/mol. The van der Waals surface area contributed by atoms with E-state index in [2.05, 4.69) is 10.1 Å². The maximum Gasteiger partial charge on any atom is 0.573 e. The number of carbonyl (C=O) groups is 1. The predicted octanol–water partition coefficient (Wildman–Crippen LogP) is 3.87. The molecule has 0 aliphatic carbocycles. The van der Waals surface area contributed by atoms with E-state index < -0.39 is 6.36 Å². The topological polar surface area (TPSA) is 56.8 Å². The molecule has 5 nitrogen and oxygen atoms in total. The summed E-state index contributed by atoms with van der Waals surface area (Å²) in [5.74, 6) is 0.389. The van der Waals surface area contributed by atoms with Gasteiger partial charge in [0.05, 0.1) is 11.4 Å². The van der Waals surface area contributed by atoms with Crippen molar-refractivity contribution in [3.8, 4) is 17.2 Å². The number of rotatable bonds is 5. The Balaban J connectivity index is 1.55. The number of hydrogen-bond donors (Lipinski definition) is 1. The van der Waals surface area contributed by atoms with Gasteiger partial charge in [0.1, 0.15) is 19.0 Å². The van der Waals surface area contributed by atoms with Crippen molar-refractivity contribution in [1.82, 2.24) is 5.32 Å². The Bertz CT molecular complexity index is 825. The van der Waals surface area contributed by atoms with Crippen molar-refractivity contribution >= 4 is 17.5 Å². The SMILES string of the molecule is O=C(Cc1ccc(OC(F)(F)F)cc1)NCc1cc(Cl)c2c(c1)OCCO2.